The van der Waals surface area contributed by atoms with Gasteiger partial charge in [0.25, 0.3) is 5.91 Å². The minimum Gasteiger partial charge on any atom is -0.492 e. The van der Waals surface area contributed by atoms with Gasteiger partial charge in [0.15, 0.2) is 6.10 Å². The standard InChI is InChI=1S/C21H27NO3/c1-5-18-7-10-19(11-8-18)24-13-12-22-21(23)17(4)25-20-9-6-15(2)16(3)14-20/h6-11,14,17H,5,12-13H2,1-4H3,(H,22,23). The molecule has 134 valence electrons. The molecule has 0 aliphatic carbocycles. The Bertz CT molecular complexity index is 695. The molecule has 0 bridgehead atoms. The Morgan fingerprint density at radius 3 is 2.36 bits per heavy atom. The summed E-state index contributed by atoms with van der Waals surface area (Å²) in [6.45, 7) is 8.80. The molecule has 1 N–H and O–H groups in total. The third-order valence-corrected chi connectivity index (χ3v) is 4.16. The van der Waals surface area contributed by atoms with E-state index < -0.39 is 6.10 Å². The molecule has 0 aromatic heterocycles. The van der Waals surface area contributed by atoms with Crippen molar-refractivity contribution >= 4 is 5.91 Å². The SMILES string of the molecule is CCc1ccc(OCCNC(=O)C(C)Oc2ccc(C)c(C)c2)cc1. The molecule has 4 nitrogen and oxygen atoms in total. The zero-order valence-corrected chi connectivity index (χ0v) is 15.5. The van der Waals surface area contributed by atoms with Gasteiger partial charge in [-0.2, -0.15) is 0 Å². The van der Waals surface area contributed by atoms with E-state index in [4.69, 9.17) is 9.47 Å². The third-order valence-electron chi connectivity index (χ3n) is 4.16. The molecule has 2 aromatic rings. The van der Waals surface area contributed by atoms with Crippen LogP contribution in [0.3, 0.4) is 0 Å². The molecule has 2 rings (SSSR count). The van der Waals surface area contributed by atoms with Crippen molar-refractivity contribution in [1.29, 1.82) is 0 Å². The smallest absolute Gasteiger partial charge is 0.260 e. The Morgan fingerprint density at radius 2 is 1.72 bits per heavy atom. The van der Waals surface area contributed by atoms with E-state index in [0.29, 0.717) is 18.9 Å². The van der Waals surface area contributed by atoms with Gasteiger partial charge in [-0.3, -0.25) is 4.79 Å². The number of carbonyl (C=O) groups excluding carboxylic acids is 1. The molecule has 0 aliphatic rings. The van der Waals surface area contributed by atoms with Crippen LogP contribution in [0.5, 0.6) is 11.5 Å². The van der Waals surface area contributed by atoms with Crippen LogP contribution in [0.4, 0.5) is 0 Å². The molecular formula is C21H27NO3. The van der Waals surface area contributed by atoms with Crippen molar-refractivity contribution in [3.8, 4) is 11.5 Å². The zero-order chi connectivity index (χ0) is 18.2. The van der Waals surface area contributed by atoms with Gasteiger partial charge in [-0.25, -0.2) is 0 Å². The van der Waals surface area contributed by atoms with Gasteiger partial charge in [0.1, 0.15) is 18.1 Å². The van der Waals surface area contributed by atoms with Gasteiger partial charge in [0, 0.05) is 0 Å². The number of aryl methyl sites for hydroxylation is 3. The number of ether oxygens (including phenoxy) is 2. The lowest BCUT2D eigenvalue weighted by atomic mass is 10.1. The van der Waals surface area contributed by atoms with E-state index in [-0.39, 0.29) is 5.91 Å². The second-order valence-corrected chi connectivity index (χ2v) is 6.14. The van der Waals surface area contributed by atoms with Crippen LogP contribution in [0, 0.1) is 13.8 Å². The van der Waals surface area contributed by atoms with E-state index in [1.54, 1.807) is 6.92 Å². The predicted molar refractivity (Wildman–Crippen MR) is 100 cm³/mol. The second kappa shape index (κ2) is 9.11. The van der Waals surface area contributed by atoms with Crippen LogP contribution in [0.2, 0.25) is 0 Å². The summed E-state index contributed by atoms with van der Waals surface area (Å²) < 4.78 is 11.3. The third kappa shape index (κ3) is 5.82. The highest BCUT2D eigenvalue weighted by atomic mass is 16.5. The Kier molecular flexibility index (Phi) is 6.87. The highest BCUT2D eigenvalue weighted by Crippen LogP contribution is 2.17. The predicted octanol–water partition coefficient (Wildman–Crippen LogP) is 3.83. The monoisotopic (exact) mass is 341 g/mol. The summed E-state index contributed by atoms with van der Waals surface area (Å²) in [4.78, 5) is 12.1. The normalized spacial score (nSPS) is 11.7. The Balaban J connectivity index is 1.72. The average Bonchev–Trinajstić information content (AvgIpc) is 2.62. The Hall–Kier alpha value is -2.49. The first kappa shape index (κ1) is 18.8. The highest BCUT2D eigenvalue weighted by molar-refractivity contribution is 5.80. The highest BCUT2D eigenvalue weighted by Gasteiger charge is 2.14. The summed E-state index contributed by atoms with van der Waals surface area (Å²) in [5.74, 6) is 1.37. The molecule has 1 unspecified atom stereocenters. The molecule has 0 saturated heterocycles. The first-order valence-electron chi connectivity index (χ1n) is 8.73. The second-order valence-electron chi connectivity index (χ2n) is 6.14. The fourth-order valence-electron chi connectivity index (χ4n) is 2.35. The maximum atomic E-state index is 12.1. The fraction of sp³-hybridized carbons (Fsp3) is 0.381. The topological polar surface area (TPSA) is 47.6 Å². The summed E-state index contributed by atoms with van der Waals surface area (Å²) in [7, 11) is 0. The molecule has 2 aromatic carbocycles. The van der Waals surface area contributed by atoms with Crippen LogP contribution in [-0.4, -0.2) is 25.2 Å². The molecule has 1 atom stereocenters. The van der Waals surface area contributed by atoms with E-state index in [9.17, 15) is 4.79 Å². The van der Waals surface area contributed by atoms with Crippen molar-refractivity contribution in [3.05, 3.63) is 59.2 Å². The maximum Gasteiger partial charge on any atom is 0.260 e. The average molecular weight is 341 g/mol. The molecule has 0 fully saturated rings. The number of rotatable bonds is 8. The molecule has 0 aliphatic heterocycles. The summed E-state index contributed by atoms with van der Waals surface area (Å²) >= 11 is 0. The fourth-order valence-corrected chi connectivity index (χ4v) is 2.35. The van der Waals surface area contributed by atoms with Crippen LogP contribution in [0.25, 0.3) is 0 Å². The molecule has 1 amide bonds. The molecular weight excluding hydrogens is 314 g/mol. The molecule has 4 heteroatoms. The van der Waals surface area contributed by atoms with E-state index in [2.05, 4.69) is 12.2 Å². The van der Waals surface area contributed by atoms with E-state index in [1.165, 1.54) is 11.1 Å². The quantitative estimate of drug-likeness (QED) is 0.742. The minimum absolute atomic E-state index is 0.150. The lowest BCUT2D eigenvalue weighted by Gasteiger charge is -2.16. The number of hydrogen-bond donors (Lipinski definition) is 1. The van der Waals surface area contributed by atoms with Crippen LogP contribution in [-0.2, 0) is 11.2 Å². The van der Waals surface area contributed by atoms with E-state index >= 15 is 0 Å². The number of benzene rings is 2. The zero-order valence-electron chi connectivity index (χ0n) is 15.5. The Labute approximate surface area is 150 Å². The Morgan fingerprint density at radius 1 is 1.04 bits per heavy atom. The van der Waals surface area contributed by atoms with Gasteiger partial charge < -0.3 is 14.8 Å². The van der Waals surface area contributed by atoms with Crippen LogP contribution in [0.15, 0.2) is 42.5 Å². The molecule has 0 spiro atoms. The molecule has 25 heavy (non-hydrogen) atoms. The van der Waals surface area contributed by atoms with Gasteiger partial charge in [-0.1, -0.05) is 25.1 Å². The van der Waals surface area contributed by atoms with Gasteiger partial charge >= 0.3 is 0 Å². The molecule has 0 heterocycles. The lowest BCUT2D eigenvalue weighted by Crippen LogP contribution is -2.38. The van der Waals surface area contributed by atoms with Crippen LogP contribution < -0.4 is 14.8 Å². The number of nitrogens with one attached hydrogen (secondary N) is 1. The van der Waals surface area contributed by atoms with E-state index in [0.717, 1.165) is 17.7 Å². The van der Waals surface area contributed by atoms with Crippen molar-refractivity contribution in [1.82, 2.24) is 5.32 Å². The number of hydrogen-bond acceptors (Lipinski definition) is 3. The first-order valence-corrected chi connectivity index (χ1v) is 8.73. The van der Waals surface area contributed by atoms with Crippen molar-refractivity contribution < 1.29 is 14.3 Å². The van der Waals surface area contributed by atoms with Crippen molar-refractivity contribution in [2.75, 3.05) is 13.2 Å². The maximum absolute atomic E-state index is 12.1. The summed E-state index contributed by atoms with van der Waals surface area (Å²) in [5, 5.41) is 2.83. The van der Waals surface area contributed by atoms with Crippen LogP contribution >= 0.6 is 0 Å². The minimum atomic E-state index is -0.550. The first-order chi connectivity index (χ1) is 12.0. The van der Waals surface area contributed by atoms with Gasteiger partial charge in [0.05, 0.1) is 6.54 Å². The lowest BCUT2D eigenvalue weighted by molar-refractivity contribution is -0.127. The van der Waals surface area contributed by atoms with Gasteiger partial charge in [-0.05, 0) is 68.1 Å². The van der Waals surface area contributed by atoms with Crippen LogP contribution in [0.1, 0.15) is 30.5 Å². The number of amides is 1. The van der Waals surface area contributed by atoms with Gasteiger partial charge in [0.2, 0.25) is 0 Å². The van der Waals surface area contributed by atoms with Crippen molar-refractivity contribution in [2.45, 2.75) is 40.2 Å². The molecule has 0 radical (unpaired) electrons. The van der Waals surface area contributed by atoms with E-state index in [1.807, 2.05) is 56.3 Å². The van der Waals surface area contributed by atoms with Crippen molar-refractivity contribution in [3.63, 3.8) is 0 Å². The van der Waals surface area contributed by atoms with Crippen molar-refractivity contribution in [2.24, 2.45) is 0 Å². The molecule has 0 saturated carbocycles. The summed E-state index contributed by atoms with van der Waals surface area (Å²) in [6, 6.07) is 13.8. The number of carbonyl (C=O) groups is 1. The van der Waals surface area contributed by atoms with Gasteiger partial charge in [-0.15, -0.1) is 0 Å². The summed E-state index contributed by atoms with van der Waals surface area (Å²) in [6.07, 6.45) is 0.459. The largest absolute Gasteiger partial charge is 0.492 e. The summed E-state index contributed by atoms with van der Waals surface area (Å²) in [5.41, 5.74) is 3.62.